The lowest BCUT2D eigenvalue weighted by Gasteiger charge is -2.29. The fourth-order valence-corrected chi connectivity index (χ4v) is 3.46. The highest BCUT2D eigenvalue weighted by molar-refractivity contribution is 6.09. The van der Waals surface area contributed by atoms with E-state index in [1.807, 2.05) is 42.5 Å². The third kappa shape index (κ3) is 4.05. The number of carbonyl (C=O) groups is 2. The number of carbonyl (C=O) groups excluding carboxylic acids is 2. The van der Waals surface area contributed by atoms with Gasteiger partial charge in [-0.3, -0.25) is 14.7 Å². The number of amides is 1. The maximum Gasteiger partial charge on any atom is 0.411 e. The van der Waals surface area contributed by atoms with Gasteiger partial charge in [0.05, 0.1) is 30.0 Å². The Morgan fingerprint density at radius 3 is 2.47 bits per heavy atom. The Labute approximate surface area is 175 Å². The Bertz CT molecular complexity index is 1070. The fourth-order valence-electron chi connectivity index (χ4n) is 3.46. The number of fused-ring (bicyclic) bond motifs is 1. The maximum atomic E-state index is 13.1. The van der Waals surface area contributed by atoms with Crippen LogP contribution in [0.25, 0.3) is 11.3 Å². The number of hydrogen-bond donors (Lipinski definition) is 2. The van der Waals surface area contributed by atoms with Crippen molar-refractivity contribution >= 4 is 23.3 Å². The molecule has 1 aliphatic rings. The van der Waals surface area contributed by atoms with Crippen LogP contribution in [0.4, 0.5) is 16.2 Å². The summed E-state index contributed by atoms with van der Waals surface area (Å²) in [7, 11) is 0. The molecule has 0 fully saturated rings. The molecule has 30 heavy (non-hydrogen) atoms. The molecule has 154 valence electrons. The number of aromatic nitrogens is 2. The fraction of sp³-hybridized carbons (Fsp3) is 0.261. The second kappa shape index (κ2) is 7.67. The van der Waals surface area contributed by atoms with Gasteiger partial charge in [-0.25, -0.2) is 4.79 Å². The molecule has 0 saturated carbocycles. The number of benzene rings is 1. The first-order valence-electron chi connectivity index (χ1n) is 9.80. The van der Waals surface area contributed by atoms with Crippen LogP contribution >= 0.6 is 0 Å². The molecule has 0 saturated heterocycles. The molecule has 1 amide bonds. The first-order chi connectivity index (χ1) is 14.3. The zero-order valence-electron chi connectivity index (χ0n) is 17.2. The SMILES string of the molecule is CC(C)(C)OC(=O)N1CC(=O)c2c([nH]c(-c3ccncc3)c2Nc2ccccc2)C1. The van der Waals surface area contributed by atoms with Crippen LogP contribution < -0.4 is 5.32 Å². The molecule has 7 nitrogen and oxygen atoms in total. The Balaban J connectivity index is 1.74. The molecule has 2 aromatic heterocycles. The van der Waals surface area contributed by atoms with Crippen LogP contribution in [0.5, 0.6) is 0 Å². The number of anilines is 2. The number of rotatable bonds is 3. The van der Waals surface area contributed by atoms with Gasteiger partial charge >= 0.3 is 6.09 Å². The smallest absolute Gasteiger partial charge is 0.411 e. The highest BCUT2D eigenvalue weighted by Gasteiger charge is 2.34. The number of para-hydroxylation sites is 1. The molecule has 1 aliphatic heterocycles. The van der Waals surface area contributed by atoms with Crippen molar-refractivity contribution in [3.05, 3.63) is 66.1 Å². The van der Waals surface area contributed by atoms with E-state index in [1.54, 1.807) is 33.2 Å². The van der Waals surface area contributed by atoms with E-state index in [0.29, 0.717) is 16.9 Å². The Morgan fingerprint density at radius 2 is 1.80 bits per heavy atom. The quantitative estimate of drug-likeness (QED) is 0.658. The molecule has 7 heteroatoms. The number of hydrogen-bond acceptors (Lipinski definition) is 5. The highest BCUT2D eigenvalue weighted by atomic mass is 16.6. The first kappa shape index (κ1) is 19.7. The van der Waals surface area contributed by atoms with Crippen LogP contribution in [0, 0.1) is 0 Å². The zero-order chi connectivity index (χ0) is 21.3. The largest absolute Gasteiger partial charge is 0.444 e. The van der Waals surface area contributed by atoms with E-state index in [0.717, 1.165) is 16.9 Å². The minimum absolute atomic E-state index is 0.0287. The number of nitrogens with one attached hydrogen (secondary N) is 2. The average Bonchev–Trinajstić information content (AvgIpc) is 3.07. The highest BCUT2D eigenvalue weighted by Crippen LogP contribution is 2.38. The molecule has 2 N–H and O–H groups in total. The summed E-state index contributed by atoms with van der Waals surface area (Å²) in [5.41, 5.74) is 3.89. The average molecular weight is 404 g/mol. The number of Topliss-reactive ketones (excluding diaryl/α,β-unsaturated/α-hetero) is 1. The number of ether oxygens (including phenoxy) is 1. The Kier molecular flexibility index (Phi) is 5.03. The van der Waals surface area contributed by atoms with Crippen LogP contribution in [0.2, 0.25) is 0 Å². The Hall–Kier alpha value is -3.61. The maximum absolute atomic E-state index is 13.1. The standard InChI is InChI=1S/C23H24N4O3/c1-23(2,3)30-22(29)27-13-17-19(18(28)14-27)21(25-16-7-5-4-6-8-16)20(26-17)15-9-11-24-12-10-15/h4-12,25-26H,13-14H2,1-3H3. The van der Waals surface area contributed by atoms with Crippen molar-refractivity contribution in [2.75, 3.05) is 11.9 Å². The minimum atomic E-state index is -0.627. The van der Waals surface area contributed by atoms with Gasteiger partial charge in [-0.1, -0.05) is 18.2 Å². The number of ketones is 1. The van der Waals surface area contributed by atoms with Crippen molar-refractivity contribution in [2.45, 2.75) is 32.9 Å². The molecule has 0 radical (unpaired) electrons. The third-order valence-electron chi connectivity index (χ3n) is 4.70. The predicted octanol–water partition coefficient (Wildman–Crippen LogP) is 4.75. The van der Waals surface area contributed by atoms with E-state index in [9.17, 15) is 9.59 Å². The van der Waals surface area contributed by atoms with Gasteiger partial charge in [-0.15, -0.1) is 0 Å². The Morgan fingerprint density at radius 1 is 1.10 bits per heavy atom. The van der Waals surface area contributed by atoms with Crippen molar-refractivity contribution in [3.8, 4) is 11.3 Å². The molecular weight excluding hydrogens is 380 g/mol. The molecule has 1 aromatic carbocycles. The van der Waals surface area contributed by atoms with Crippen LogP contribution in [-0.2, 0) is 11.3 Å². The van der Waals surface area contributed by atoms with E-state index in [-0.39, 0.29) is 18.9 Å². The molecule has 0 atom stereocenters. The molecule has 0 spiro atoms. The van der Waals surface area contributed by atoms with Crippen molar-refractivity contribution in [3.63, 3.8) is 0 Å². The first-order valence-corrected chi connectivity index (χ1v) is 9.80. The number of nitrogens with zero attached hydrogens (tertiary/aromatic N) is 2. The number of aromatic amines is 1. The van der Waals surface area contributed by atoms with Crippen LogP contribution in [0.15, 0.2) is 54.9 Å². The predicted molar refractivity (Wildman–Crippen MR) is 115 cm³/mol. The summed E-state index contributed by atoms with van der Waals surface area (Å²) in [5.74, 6) is -0.142. The summed E-state index contributed by atoms with van der Waals surface area (Å²) in [4.78, 5) is 34.5. The summed E-state index contributed by atoms with van der Waals surface area (Å²) < 4.78 is 5.45. The second-order valence-electron chi connectivity index (χ2n) is 8.22. The van der Waals surface area contributed by atoms with Gasteiger partial charge in [-0.05, 0) is 45.0 Å². The molecular formula is C23H24N4O3. The topological polar surface area (TPSA) is 87.3 Å². The second-order valence-corrected chi connectivity index (χ2v) is 8.22. The zero-order valence-corrected chi connectivity index (χ0v) is 17.2. The molecule has 0 unspecified atom stereocenters. The summed E-state index contributed by atoms with van der Waals surface area (Å²) >= 11 is 0. The monoisotopic (exact) mass is 404 g/mol. The summed E-state index contributed by atoms with van der Waals surface area (Å²) in [6.45, 7) is 5.66. The van der Waals surface area contributed by atoms with Crippen molar-refractivity contribution < 1.29 is 14.3 Å². The van der Waals surface area contributed by atoms with E-state index < -0.39 is 11.7 Å². The summed E-state index contributed by atoms with van der Waals surface area (Å²) in [6, 6.07) is 13.4. The van der Waals surface area contributed by atoms with Gasteiger partial charge in [-0.2, -0.15) is 0 Å². The molecule has 3 aromatic rings. The van der Waals surface area contributed by atoms with Crippen LogP contribution in [0.3, 0.4) is 0 Å². The van der Waals surface area contributed by atoms with Gasteiger partial charge in [0.1, 0.15) is 5.60 Å². The van der Waals surface area contributed by atoms with Crippen LogP contribution in [0.1, 0.15) is 36.8 Å². The van der Waals surface area contributed by atoms with Gasteiger partial charge < -0.3 is 15.0 Å². The van der Waals surface area contributed by atoms with Crippen molar-refractivity contribution in [1.82, 2.24) is 14.9 Å². The number of H-pyrrole nitrogens is 1. The minimum Gasteiger partial charge on any atom is -0.444 e. The summed E-state index contributed by atoms with van der Waals surface area (Å²) in [6.07, 6.45) is 2.91. The lowest BCUT2D eigenvalue weighted by molar-refractivity contribution is 0.0218. The van der Waals surface area contributed by atoms with E-state index in [1.165, 1.54) is 4.90 Å². The molecule has 0 bridgehead atoms. The summed E-state index contributed by atoms with van der Waals surface area (Å²) in [5, 5.41) is 3.38. The van der Waals surface area contributed by atoms with Gasteiger partial charge in [0.15, 0.2) is 5.78 Å². The van der Waals surface area contributed by atoms with Crippen LogP contribution in [-0.4, -0.2) is 38.9 Å². The van der Waals surface area contributed by atoms with Crippen molar-refractivity contribution in [1.29, 1.82) is 0 Å². The lowest BCUT2D eigenvalue weighted by Crippen LogP contribution is -2.42. The van der Waals surface area contributed by atoms with E-state index in [2.05, 4.69) is 15.3 Å². The molecule has 3 heterocycles. The lowest BCUT2D eigenvalue weighted by atomic mass is 10.0. The number of pyridine rings is 1. The molecule has 0 aliphatic carbocycles. The van der Waals surface area contributed by atoms with Gasteiger partial charge in [0.2, 0.25) is 0 Å². The normalized spacial score (nSPS) is 13.7. The van der Waals surface area contributed by atoms with Gasteiger partial charge in [0.25, 0.3) is 0 Å². The van der Waals surface area contributed by atoms with Crippen molar-refractivity contribution in [2.24, 2.45) is 0 Å². The van der Waals surface area contributed by atoms with Gasteiger partial charge in [0, 0.05) is 29.3 Å². The third-order valence-corrected chi connectivity index (χ3v) is 4.70. The van der Waals surface area contributed by atoms with E-state index >= 15 is 0 Å². The van der Waals surface area contributed by atoms with E-state index in [4.69, 9.17) is 4.74 Å². The molecule has 4 rings (SSSR count).